The predicted octanol–water partition coefficient (Wildman–Crippen LogP) is 4.17. The molecule has 0 spiro atoms. The molecule has 7 nitrogen and oxygen atoms in total. The van der Waals surface area contributed by atoms with Crippen LogP contribution in [0.25, 0.3) is 0 Å². The molecule has 0 amide bonds. The lowest BCUT2D eigenvalue weighted by Crippen LogP contribution is -2.03. The van der Waals surface area contributed by atoms with E-state index in [1.165, 1.54) is 31.7 Å². The predicted molar refractivity (Wildman–Crippen MR) is 148 cm³/mol. The number of nitrogens with one attached hydrogen (secondary N) is 1. The summed E-state index contributed by atoms with van der Waals surface area (Å²) in [6.45, 7) is 12.4. The van der Waals surface area contributed by atoms with Crippen molar-refractivity contribution in [3.63, 3.8) is 0 Å². The number of hydrogen-bond acceptors (Lipinski definition) is 6. The maximum atomic E-state index is 13.1. The van der Waals surface area contributed by atoms with Crippen LogP contribution in [0.3, 0.4) is 0 Å². The van der Waals surface area contributed by atoms with Crippen molar-refractivity contribution in [1.29, 1.82) is 0 Å². The topological polar surface area (TPSA) is 168 Å². The summed E-state index contributed by atoms with van der Waals surface area (Å²) in [6.07, 6.45) is 7.32. The van der Waals surface area contributed by atoms with Crippen molar-refractivity contribution in [2.75, 3.05) is 38.4 Å². The molecule has 11 N–H and O–H groups in total. The summed E-state index contributed by atoms with van der Waals surface area (Å²) in [4.78, 5) is 0. The van der Waals surface area contributed by atoms with Gasteiger partial charge in [-0.2, -0.15) is 12.6 Å². The van der Waals surface area contributed by atoms with Gasteiger partial charge < -0.3 is 37.9 Å². The number of rotatable bonds is 9. The van der Waals surface area contributed by atoms with E-state index < -0.39 is 0 Å². The summed E-state index contributed by atoms with van der Waals surface area (Å²) in [6, 6.07) is 4.69. The SMILES string of the molecule is CC(C)S.CCCCNc1ccc(N)cc1F.CCC[C@H](C)CCCN.CO.CO.O.O.[HH].[HH]. The molecule has 0 saturated heterocycles. The number of unbranched alkanes of at least 4 members (excludes halogenated alkanes) is 1. The van der Waals surface area contributed by atoms with Gasteiger partial charge in [-0.05, 0) is 55.2 Å². The fourth-order valence-corrected chi connectivity index (χ4v) is 2.18. The van der Waals surface area contributed by atoms with Gasteiger partial charge >= 0.3 is 0 Å². The number of hydrogen-bond donors (Lipinski definition) is 6. The molecule has 1 rings (SSSR count). The second-order valence-corrected chi connectivity index (χ2v) is 7.97. The van der Waals surface area contributed by atoms with Crippen LogP contribution in [0.2, 0.25) is 0 Å². The third-order valence-corrected chi connectivity index (χ3v) is 3.52. The highest BCUT2D eigenvalue weighted by atomic mass is 32.1. The normalized spacial score (nSPS) is 9.41. The zero-order valence-electron chi connectivity index (χ0n) is 21.4. The molecule has 0 radical (unpaired) electrons. The van der Waals surface area contributed by atoms with Gasteiger partial charge in [0.05, 0.1) is 5.69 Å². The van der Waals surface area contributed by atoms with Gasteiger partial charge in [-0.1, -0.05) is 53.9 Å². The first-order chi connectivity index (χ1) is 14.3. The van der Waals surface area contributed by atoms with E-state index in [2.05, 4.69) is 38.7 Å². The van der Waals surface area contributed by atoms with Gasteiger partial charge in [-0.3, -0.25) is 0 Å². The summed E-state index contributed by atoms with van der Waals surface area (Å²) < 4.78 is 13.1. The Kier molecular flexibility index (Phi) is 51.8. The van der Waals surface area contributed by atoms with Crippen LogP contribution < -0.4 is 16.8 Å². The van der Waals surface area contributed by atoms with Gasteiger partial charge in [0, 0.05) is 29.3 Å². The number of aliphatic hydroxyl groups is 2. The first-order valence-electron chi connectivity index (χ1n) is 10.8. The Morgan fingerprint density at radius 2 is 1.50 bits per heavy atom. The van der Waals surface area contributed by atoms with Gasteiger partial charge in [0.25, 0.3) is 0 Å². The van der Waals surface area contributed by atoms with Crippen LogP contribution in [0, 0.1) is 11.7 Å². The lowest BCUT2D eigenvalue weighted by atomic mass is 10.0. The van der Waals surface area contributed by atoms with E-state index in [9.17, 15) is 4.39 Å². The Morgan fingerprint density at radius 1 is 1.00 bits per heavy atom. The average molecular weight is 492 g/mol. The molecular formula is C23H58FN3O4S. The fraction of sp³-hybridized carbons (Fsp3) is 0.739. The smallest absolute Gasteiger partial charge is 0.148 e. The monoisotopic (exact) mass is 491 g/mol. The lowest BCUT2D eigenvalue weighted by molar-refractivity contribution is 0.399. The molecule has 0 aliphatic carbocycles. The van der Waals surface area contributed by atoms with Crippen molar-refractivity contribution < 1.29 is 28.4 Å². The zero-order chi connectivity index (χ0) is 24.4. The molecular weight excluding hydrogens is 433 g/mol. The van der Waals surface area contributed by atoms with Crippen LogP contribution in [-0.2, 0) is 0 Å². The van der Waals surface area contributed by atoms with Crippen LogP contribution in [0.1, 0.15) is 76.0 Å². The quantitative estimate of drug-likeness (QED) is 0.173. The van der Waals surface area contributed by atoms with Gasteiger partial charge in [-0.15, -0.1) is 0 Å². The summed E-state index contributed by atoms with van der Waals surface area (Å²) >= 11 is 3.97. The second kappa shape index (κ2) is 37.2. The number of nitrogen functional groups attached to an aromatic ring is 1. The summed E-state index contributed by atoms with van der Waals surface area (Å²) in [5, 5.41) is 17.5. The standard InChI is InChI=1S/C10H15FN2.C8H19N.C3H8S.2CH4O.2H2O.2H2/c1-2-3-6-13-10-5-4-8(12)7-9(10)11;1-3-5-8(2)6-4-7-9;1-3(2)4;2*1-2;;;;/h4-5,7,13H,2-3,6,12H2,1H3;8H,3-7,9H2,1-2H3;3-4H,1-2H3;2*2H,1H3;2*1H2;2*1H/t;8-;;;;;;;/m.0......./s1. The van der Waals surface area contributed by atoms with Crippen molar-refractivity contribution in [3.05, 3.63) is 24.0 Å². The number of halogens is 1. The highest BCUT2D eigenvalue weighted by Gasteiger charge is 2.00. The summed E-state index contributed by atoms with van der Waals surface area (Å²) in [5.74, 6) is 0.606. The highest BCUT2D eigenvalue weighted by molar-refractivity contribution is 7.80. The Balaban J connectivity index is -0.0000000477. The first kappa shape index (κ1) is 44.6. The molecule has 0 aliphatic rings. The van der Waals surface area contributed by atoms with Gasteiger partial charge in [-0.25, -0.2) is 4.39 Å². The van der Waals surface area contributed by atoms with Crippen molar-refractivity contribution in [3.8, 4) is 0 Å². The van der Waals surface area contributed by atoms with Gasteiger partial charge in [0.15, 0.2) is 0 Å². The lowest BCUT2D eigenvalue weighted by Gasteiger charge is -2.06. The third kappa shape index (κ3) is 39.4. The van der Waals surface area contributed by atoms with E-state index >= 15 is 0 Å². The first-order valence-corrected chi connectivity index (χ1v) is 11.4. The minimum Gasteiger partial charge on any atom is -0.412 e. The molecule has 0 aliphatic heterocycles. The second-order valence-electron chi connectivity index (χ2n) is 6.94. The molecule has 0 heterocycles. The number of thiol groups is 1. The number of aliphatic hydroxyl groups excluding tert-OH is 2. The van der Waals surface area contributed by atoms with Gasteiger partial charge in [0.1, 0.15) is 5.82 Å². The largest absolute Gasteiger partial charge is 0.412 e. The van der Waals surface area contributed by atoms with E-state index in [0.29, 0.717) is 16.6 Å². The number of anilines is 2. The van der Waals surface area contributed by atoms with Crippen LogP contribution in [0.5, 0.6) is 0 Å². The van der Waals surface area contributed by atoms with E-state index in [0.717, 1.165) is 46.1 Å². The van der Waals surface area contributed by atoms with Crippen molar-refractivity contribution in [2.24, 2.45) is 11.7 Å². The fourth-order valence-electron chi connectivity index (χ4n) is 2.18. The minimum absolute atomic E-state index is 0. The molecule has 1 aromatic rings. The van der Waals surface area contributed by atoms with E-state index in [1.54, 1.807) is 12.1 Å². The summed E-state index contributed by atoms with van der Waals surface area (Å²) in [7, 11) is 2.00. The van der Waals surface area contributed by atoms with Crippen LogP contribution >= 0.6 is 12.6 Å². The molecule has 1 atom stereocenters. The van der Waals surface area contributed by atoms with E-state index in [4.69, 9.17) is 21.7 Å². The van der Waals surface area contributed by atoms with Crippen LogP contribution in [0.15, 0.2) is 18.2 Å². The van der Waals surface area contributed by atoms with E-state index in [1.807, 2.05) is 13.8 Å². The maximum Gasteiger partial charge on any atom is 0.148 e. The zero-order valence-corrected chi connectivity index (χ0v) is 22.3. The maximum absolute atomic E-state index is 13.1. The number of nitrogens with two attached hydrogens (primary N) is 2. The van der Waals surface area contributed by atoms with Crippen LogP contribution in [0.4, 0.5) is 15.8 Å². The van der Waals surface area contributed by atoms with Crippen molar-refractivity contribution in [2.45, 2.75) is 78.4 Å². The van der Waals surface area contributed by atoms with Crippen molar-refractivity contribution in [1.82, 2.24) is 0 Å². The molecule has 202 valence electrons. The Labute approximate surface area is 205 Å². The summed E-state index contributed by atoms with van der Waals surface area (Å²) in [5.41, 5.74) is 11.8. The third-order valence-electron chi connectivity index (χ3n) is 3.52. The Hall–Kier alpha value is -1.10. The molecule has 0 fully saturated rings. The van der Waals surface area contributed by atoms with E-state index in [-0.39, 0.29) is 19.6 Å². The van der Waals surface area contributed by atoms with Gasteiger partial charge in [0.2, 0.25) is 0 Å². The molecule has 9 heteroatoms. The molecule has 0 saturated carbocycles. The Bertz CT molecular complexity index is 454. The number of benzene rings is 1. The minimum atomic E-state index is -0.281. The average Bonchev–Trinajstić information content (AvgIpc) is 2.71. The molecule has 0 bridgehead atoms. The Morgan fingerprint density at radius 3 is 1.88 bits per heavy atom. The molecule has 0 unspecified atom stereocenters. The molecule has 0 aromatic heterocycles. The molecule has 1 aromatic carbocycles. The van der Waals surface area contributed by atoms with Crippen molar-refractivity contribution >= 4 is 24.0 Å². The molecule has 32 heavy (non-hydrogen) atoms. The highest BCUT2D eigenvalue weighted by Crippen LogP contribution is 2.16. The van der Waals surface area contributed by atoms with Crippen LogP contribution in [-0.4, -0.2) is 53.7 Å².